The summed E-state index contributed by atoms with van der Waals surface area (Å²) < 4.78 is 1.18. The fraction of sp³-hybridized carbons (Fsp3) is 0.571. The van der Waals surface area contributed by atoms with E-state index in [1.165, 1.54) is 22.9 Å². The lowest BCUT2D eigenvalue weighted by Crippen LogP contribution is -2.19. The van der Waals surface area contributed by atoms with Crippen LogP contribution in [-0.4, -0.2) is 13.6 Å². The third kappa shape index (κ3) is 4.26. The number of hydrogen-bond donors (Lipinski definition) is 1. The van der Waals surface area contributed by atoms with Crippen molar-refractivity contribution < 1.29 is 0 Å². The standard InChI is InChI=1S/C14H22BrN/c1-4-11(2)8-13(10-16-3)12-6-5-7-14(15)9-12/h5-7,9,11,13,16H,4,8,10H2,1-3H3. The molecular weight excluding hydrogens is 262 g/mol. The van der Waals surface area contributed by atoms with Crippen molar-refractivity contribution in [3.05, 3.63) is 34.3 Å². The van der Waals surface area contributed by atoms with Crippen molar-refractivity contribution in [1.29, 1.82) is 0 Å². The molecule has 1 aromatic carbocycles. The zero-order valence-corrected chi connectivity index (χ0v) is 12.0. The van der Waals surface area contributed by atoms with Gasteiger partial charge < -0.3 is 5.32 Å². The average Bonchev–Trinajstić information content (AvgIpc) is 2.28. The van der Waals surface area contributed by atoms with E-state index in [-0.39, 0.29) is 0 Å². The Balaban J connectivity index is 2.76. The highest BCUT2D eigenvalue weighted by molar-refractivity contribution is 9.10. The minimum absolute atomic E-state index is 0.623. The average molecular weight is 284 g/mol. The summed E-state index contributed by atoms with van der Waals surface area (Å²) in [6.45, 7) is 5.66. The van der Waals surface area contributed by atoms with Gasteiger partial charge in [-0.2, -0.15) is 0 Å². The zero-order chi connectivity index (χ0) is 12.0. The predicted molar refractivity (Wildman–Crippen MR) is 74.9 cm³/mol. The molecule has 0 amide bonds. The Labute approximate surface area is 108 Å². The van der Waals surface area contributed by atoms with Gasteiger partial charge in [0.05, 0.1) is 0 Å². The molecule has 0 heterocycles. The van der Waals surface area contributed by atoms with Gasteiger partial charge in [-0.25, -0.2) is 0 Å². The SMILES string of the molecule is CCC(C)CC(CNC)c1cccc(Br)c1. The Hall–Kier alpha value is -0.340. The molecule has 1 rings (SSSR count). The maximum Gasteiger partial charge on any atom is 0.0178 e. The van der Waals surface area contributed by atoms with Gasteiger partial charge in [0.25, 0.3) is 0 Å². The van der Waals surface area contributed by atoms with Gasteiger partial charge in [0, 0.05) is 11.0 Å². The molecule has 0 fully saturated rings. The largest absolute Gasteiger partial charge is 0.319 e. The normalized spacial score (nSPS) is 14.8. The molecule has 2 heteroatoms. The van der Waals surface area contributed by atoms with Crippen molar-refractivity contribution in [3.63, 3.8) is 0 Å². The fourth-order valence-electron chi connectivity index (χ4n) is 2.00. The van der Waals surface area contributed by atoms with Crippen LogP contribution in [0.2, 0.25) is 0 Å². The monoisotopic (exact) mass is 283 g/mol. The summed E-state index contributed by atoms with van der Waals surface area (Å²) in [7, 11) is 2.03. The molecule has 90 valence electrons. The minimum atomic E-state index is 0.623. The van der Waals surface area contributed by atoms with Gasteiger partial charge in [0.15, 0.2) is 0 Å². The smallest absolute Gasteiger partial charge is 0.0178 e. The number of nitrogens with one attached hydrogen (secondary N) is 1. The van der Waals surface area contributed by atoms with Crippen LogP contribution in [0.5, 0.6) is 0 Å². The molecule has 2 atom stereocenters. The molecule has 16 heavy (non-hydrogen) atoms. The fourth-order valence-corrected chi connectivity index (χ4v) is 2.41. The van der Waals surface area contributed by atoms with Crippen molar-refractivity contribution in [2.45, 2.75) is 32.6 Å². The Bertz CT molecular complexity index is 311. The van der Waals surface area contributed by atoms with E-state index >= 15 is 0 Å². The molecule has 1 N–H and O–H groups in total. The van der Waals surface area contributed by atoms with E-state index in [1.54, 1.807) is 0 Å². The van der Waals surface area contributed by atoms with Gasteiger partial charge in [0.2, 0.25) is 0 Å². The van der Waals surface area contributed by atoms with Gasteiger partial charge in [0.1, 0.15) is 0 Å². The molecule has 0 saturated carbocycles. The van der Waals surface area contributed by atoms with Crippen molar-refractivity contribution >= 4 is 15.9 Å². The van der Waals surface area contributed by atoms with Crippen molar-refractivity contribution in [2.24, 2.45) is 5.92 Å². The Morgan fingerprint density at radius 2 is 2.12 bits per heavy atom. The first-order valence-corrected chi connectivity index (χ1v) is 6.86. The van der Waals surface area contributed by atoms with Gasteiger partial charge in [-0.15, -0.1) is 0 Å². The quantitative estimate of drug-likeness (QED) is 0.826. The molecule has 0 radical (unpaired) electrons. The molecule has 0 aliphatic rings. The summed E-state index contributed by atoms with van der Waals surface area (Å²) in [6, 6.07) is 8.68. The molecule has 1 nitrogen and oxygen atoms in total. The van der Waals surface area contributed by atoms with Crippen LogP contribution in [-0.2, 0) is 0 Å². The Kier molecular flexibility index (Phi) is 6.07. The number of rotatable bonds is 6. The second-order valence-electron chi connectivity index (χ2n) is 4.56. The third-order valence-electron chi connectivity index (χ3n) is 3.15. The maximum atomic E-state index is 3.54. The van der Waals surface area contributed by atoms with Gasteiger partial charge in [-0.1, -0.05) is 48.3 Å². The first kappa shape index (κ1) is 13.7. The zero-order valence-electron chi connectivity index (χ0n) is 10.5. The highest BCUT2D eigenvalue weighted by Gasteiger charge is 2.13. The first-order chi connectivity index (χ1) is 7.67. The first-order valence-electron chi connectivity index (χ1n) is 6.07. The van der Waals surface area contributed by atoms with Crippen LogP contribution in [0.15, 0.2) is 28.7 Å². The Morgan fingerprint density at radius 1 is 1.38 bits per heavy atom. The Morgan fingerprint density at radius 3 is 2.69 bits per heavy atom. The molecular formula is C14H22BrN. The van der Waals surface area contributed by atoms with Crippen molar-refractivity contribution in [3.8, 4) is 0 Å². The summed E-state index contributed by atoms with van der Waals surface area (Å²) in [5, 5.41) is 3.30. The number of halogens is 1. The molecule has 0 saturated heterocycles. The topological polar surface area (TPSA) is 12.0 Å². The van der Waals surface area contributed by atoms with E-state index in [4.69, 9.17) is 0 Å². The molecule has 0 aromatic heterocycles. The van der Waals surface area contributed by atoms with Crippen molar-refractivity contribution in [2.75, 3.05) is 13.6 Å². The number of hydrogen-bond acceptors (Lipinski definition) is 1. The van der Waals surface area contributed by atoms with E-state index in [1.807, 2.05) is 7.05 Å². The van der Waals surface area contributed by atoms with Crippen LogP contribution >= 0.6 is 15.9 Å². The van der Waals surface area contributed by atoms with Gasteiger partial charge >= 0.3 is 0 Å². The van der Waals surface area contributed by atoms with E-state index in [9.17, 15) is 0 Å². The number of likely N-dealkylation sites (N-methyl/N-ethyl adjacent to an activating group) is 1. The third-order valence-corrected chi connectivity index (χ3v) is 3.65. The summed E-state index contributed by atoms with van der Waals surface area (Å²) in [5.74, 6) is 1.41. The maximum absolute atomic E-state index is 3.54. The van der Waals surface area contributed by atoms with E-state index in [0.29, 0.717) is 5.92 Å². The summed E-state index contributed by atoms with van der Waals surface area (Å²) >= 11 is 3.54. The number of benzene rings is 1. The molecule has 0 bridgehead atoms. The van der Waals surface area contributed by atoms with E-state index in [2.05, 4.69) is 59.4 Å². The molecule has 2 unspecified atom stereocenters. The van der Waals surface area contributed by atoms with Crippen LogP contribution in [0.1, 0.15) is 38.2 Å². The lowest BCUT2D eigenvalue weighted by molar-refractivity contribution is 0.444. The molecule has 0 aliphatic heterocycles. The lowest BCUT2D eigenvalue weighted by Gasteiger charge is -2.20. The van der Waals surface area contributed by atoms with Gasteiger partial charge in [-0.05, 0) is 43.0 Å². The van der Waals surface area contributed by atoms with Crippen LogP contribution < -0.4 is 5.32 Å². The van der Waals surface area contributed by atoms with Crippen LogP contribution in [0.25, 0.3) is 0 Å². The predicted octanol–water partition coefficient (Wildman–Crippen LogP) is 4.19. The van der Waals surface area contributed by atoms with Crippen LogP contribution in [0, 0.1) is 5.92 Å². The van der Waals surface area contributed by atoms with Crippen LogP contribution in [0.3, 0.4) is 0 Å². The van der Waals surface area contributed by atoms with Gasteiger partial charge in [-0.3, -0.25) is 0 Å². The molecule has 1 aromatic rings. The lowest BCUT2D eigenvalue weighted by atomic mass is 9.88. The summed E-state index contributed by atoms with van der Waals surface area (Å²) in [6.07, 6.45) is 2.52. The summed E-state index contributed by atoms with van der Waals surface area (Å²) in [5.41, 5.74) is 1.43. The van der Waals surface area contributed by atoms with Crippen LogP contribution in [0.4, 0.5) is 0 Å². The highest BCUT2D eigenvalue weighted by Crippen LogP contribution is 2.26. The van der Waals surface area contributed by atoms with E-state index in [0.717, 1.165) is 12.5 Å². The van der Waals surface area contributed by atoms with E-state index < -0.39 is 0 Å². The molecule has 0 aliphatic carbocycles. The molecule has 0 spiro atoms. The summed E-state index contributed by atoms with van der Waals surface area (Å²) in [4.78, 5) is 0. The highest BCUT2D eigenvalue weighted by atomic mass is 79.9. The second kappa shape index (κ2) is 7.08. The van der Waals surface area contributed by atoms with Crippen molar-refractivity contribution in [1.82, 2.24) is 5.32 Å². The second-order valence-corrected chi connectivity index (χ2v) is 5.47. The minimum Gasteiger partial charge on any atom is -0.319 e.